The van der Waals surface area contributed by atoms with Crippen molar-refractivity contribution in [2.75, 3.05) is 11.2 Å². The summed E-state index contributed by atoms with van der Waals surface area (Å²) < 4.78 is 2.07. The van der Waals surface area contributed by atoms with E-state index in [1.54, 1.807) is 0 Å². The molecule has 0 saturated carbocycles. The van der Waals surface area contributed by atoms with Gasteiger partial charge in [-0.05, 0) is 25.5 Å². The van der Waals surface area contributed by atoms with Crippen LogP contribution in [-0.4, -0.2) is 21.0 Å². The van der Waals surface area contributed by atoms with Gasteiger partial charge in [0.2, 0.25) is 5.95 Å². The lowest BCUT2D eigenvalue weighted by atomic mass is 10.0. The van der Waals surface area contributed by atoms with Crippen molar-refractivity contribution in [1.29, 1.82) is 0 Å². The van der Waals surface area contributed by atoms with E-state index in [0.29, 0.717) is 5.88 Å². The Labute approximate surface area is 107 Å². The first-order valence-electron chi connectivity index (χ1n) is 5.85. The number of fused-ring (bicyclic) bond motifs is 1. The van der Waals surface area contributed by atoms with Crippen molar-refractivity contribution in [3.05, 3.63) is 24.3 Å². The molecule has 0 amide bonds. The number of imidazole rings is 1. The fraction of sp³-hybridized carbons (Fsp3) is 0.462. The molecule has 92 valence electrons. The van der Waals surface area contributed by atoms with Crippen molar-refractivity contribution in [3.8, 4) is 0 Å². The average molecular weight is 252 g/mol. The van der Waals surface area contributed by atoms with Crippen LogP contribution in [0.5, 0.6) is 0 Å². The third kappa shape index (κ3) is 2.25. The molecule has 2 aromatic rings. The van der Waals surface area contributed by atoms with Crippen LogP contribution in [0.3, 0.4) is 0 Å². The number of rotatable bonds is 4. The molecular weight excluding hydrogens is 234 g/mol. The molecule has 1 unspecified atom stereocenters. The largest absolute Gasteiger partial charge is 0.349 e. The van der Waals surface area contributed by atoms with Gasteiger partial charge in [0, 0.05) is 12.9 Å². The first-order valence-corrected chi connectivity index (χ1v) is 6.38. The number of benzene rings is 1. The van der Waals surface area contributed by atoms with Gasteiger partial charge in [0.1, 0.15) is 0 Å². The number of nitrogens with one attached hydrogen (secondary N) is 1. The van der Waals surface area contributed by atoms with Crippen LogP contribution in [0.4, 0.5) is 5.95 Å². The van der Waals surface area contributed by atoms with E-state index in [4.69, 9.17) is 11.6 Å². The molecule has 2 rings (SSSR count). The molecular formula is C13H18ClN3. The third-order valence-corrected chi connectivity index (χ3v) is 3.87. The summed E-state index contributed by atoms with van der Waals surface area (Å²) in [5.41, 5.74) is 2.02. The number of anilines is 1. The summed E-state index contributed by atoms with van der Waals surface area (Å²) in [5, 5.41) is 3.43. The van der Waals surface area contributed by atoms with Crippen molar-refractivity contribution in [2.45, 2.75) is 25.8 Å². The maximum Gasteiger partial charge on any atom is 0.204 e. The zero-order valence-electron chi connectivity index (χ0n) is 10.5. The Morgan fingerprint density at radius 3 is 2.71 bits per heavy atom. The van der Waals surface area contributed by atoms with Gasteiger partial charge in [-0.15, -0.1) is 11.6 Å². The lowest BCUT2D eigenvalue weighted by Gasteiger charge is -2.27. The van der Waals surface area contributed by atoms with Crippen molar-refractivity contribution >= 4 is 28.6 Å². The van der Waals surface area contributed by atoms with E-state index >= 15 is 0 Å². The van der Waals surface area contributed by atoms with Crippen LogP contribution in [0.15, 0.2) is 24.3 Å². The molecule has 1 aromatic carbocycles. The van der Waals surface area contributed by atoms with Gasteiger partial charge in [0.15, 0.2) is 0 Å². The number of hydrogen-bond donors (Lipinski definition) is 1. The molecule has 0 radical (unpaired) electrons. The number of para-hydroxylation sites is 2. The van der Waals surface area contributed by atoms with Gasteiger partial charge in [0.25, 0.3) is 0 Å². The average Bonchev–Trinajstić information content (AvgIpc) is 2.67. The Hall–Kier alpha value is -1.22. The first kappa shape index (κ1) is 12.2. The number of halogens is 1. The van der Waals surface area contributed by atoms with Crippen molar-refractivity contribution in [1.82, 2.24) is 9.55 Å². The molecule has 1 atom stereocenters. The number of hydrogen-bond acceptors (Lipinski definition) is 2. The van der Waals surface area contributed by atoms with E-state index in [1.807, 2.05) is 25.2 Å². The van der Waals surface area contributed by atoms with Gasteiger partial charge in [-0.3, -0.25) is 0 Å². The summed E-state index contributed by atoms with van der Waals surface area (Å²) in [7, 11) is 2.02. The van der Waals surface area contributed by atoms with Gasteiger partial charge < -0.3 is 9.88 Å². The molecule has 0 saturated heterocycles. The van der Waals surface area contributed by atoms with E-state index < -0.39 is 0 Å². The van der Waals surface area contributed by atoms with Gasteiger partial charge in [-0.2, -0.15) is 0 Å². The second-order valence-corrected chi connectivity index (χ2v) is 4.92. The molecule has 0 aliphatic carbocycles. The molecule has 1 aromatic heterocycles. The van der Waals surface area contributed by atoms with Crippen LogP contribution in [0.1, 0.15) is 20.3 Å². The normalized spacial score (nSPS) is 14.8. The smallest absolute Gasteiger partial charge is 0.204 e. The van der Waals surface area contributed by atoms with Crippen LogP contribution < -0.4 is 5.32 Å². The van der Waals surface area contributed by atoms with Crippen LogP contribution >= 0.6 is 11.6 Å². The third-order valence-electron chi connectivity index (χ3n) is 3.28. The van der Waals surface area contributed by atoms with Crippen molar-refractivity contribution in [3.63, 3.8) is 0 Å². The molecule has 0 aliphatic rings. The zero-order valence-corrected chi connectivity index (χ0v) is 11.3. The summed E-state index contributed by atoms with van der Waals surface area (Å²) in [5.74, 6) is 1.43. The van der Waals surface area contributed by atoms with Gasteiger partial charge >= 0.3 is 0 Å². The molecule has 0 bridgehead atoms. The summed E-state index contributed by atoms with van der Waals surface area (Å²) >= 11 is 6.01. The highest BCUT2D eigenvalue weighted by Gasteiger charge is 2.22. The Balaban J connectivity index is 2.39. The molecule has 1 heterocycles. The van der Waals surface area contributed by atoms with Crippen molar-refractivity contribution in [2.24, 2.45) is 7.05 Å². The SMILES string of the molecule is CCC(C)(CCl)Nc1nc2ccccc2n1C. The second kappa shape index (κ2) is 4.57. The predicted octanol–water partition coefficient (Wildman–Crippen LogP) is 3.39. The van der Waals surface area contributed by atoms with E-state index in [2.05, 4.69) is 34.8 Å². The Morgan fingerprint density at radius 1 is 1.41 bits per heavy atom. The quantitative estimate of drug-likeness (QED) is 0.845. The number of alkyl halides is 1. The summed E-state index contributed by atoms with van der Waals surface area (Å²) in [6.07, 6.45) is 0.958. The Bertz CT molecular complexity index is 514. The van der Waals surface area contributed by atoms with E-state index in [9.17, 15) is 0 Å². The van der Waals surface area contributed by atoms with Gasteiger partial charge in [-0.1, -0.05) is 19.1 Å². The highest BCUT2D eigenvalue weighted by atomic mass is 35.5. The fourth-order valence-corrected chi connectivity index (χ4v) is 2.00. The minimum absolute atomic E-state index is 0.114. The predicted molar refractivity (Wildman–Crippen MR) is 73.8 cm³/mol. The van der Waals surface area contributed by atoms with Gasteiger partial charge in [0.05, 0.1) is 16.6 Å². The molecule has 17 heavy (non-hydrogen) atoms. The zero-order chi connectivity index (χ0) is 12.5. The number of nitrogens with zero attached hydrogens (tertiary/aromatic N) is 2. The minimum atomic E-state index is -0.114. The highest BCUT2D eigenvalue weighted by Crippen LogP contribution is 2.23. The standard InChI is InChI=1S/C13H18ClN3/c1-4-13(2,9-14)16-12-15-10-7-5-6-8-11(10)17(12)3/h5-8H,4,9H2,1-3H3,(H,15,16). The van der Waals surface area contributed by atoms with Gasteiger partial charge in [-0.25, -0.2) is 4.98 Å². The molecule has 1 N–H and O–H groups in total. The molecule has 0 aliphatic heterocycles. The minimum Gasteiger partial charge on any atom is -0.349 e. The molecule has 0 fully saturated rings. The van der Waals surface area contributed by atoms with E-state index in [-0.39, 0.29) is 5.54 Å². The summed E-state index contributed by atoms with van der Waals surface area (Å²) in [4.78, 5) is 4.59. The number of aromatic nitrogens is 2. The summed E-state index contributed by atoms with van der Waals surface area (Å²) in [6.45, 7) is 4.23. The lowest BCUT2D eigenvalue weighted by Crippen LogP contribution is -2.37. The topological polar surface area (TPSA) is 29.9 Å². The van der Waals surface area contributed by atoms with E-state index in [1.165, 1.54) is 0 Å². The highest BCUT2D eigenvalue weighted by molar-refractivity contribution is 6.18. The summed E-state index contributed by atoms with van der Waals surface area (Å²) in [6, 6.07) is 8.11. The molecule has 3 nitrogen and oxygen atoms in total. The second-order valence-electron chi connectivity index (χ2n) is 4.66. The van der Waals surface area contributed by atoms with E-state index in [0.717, 1.165) is 23.4 Å². The Kier molecular flexibility index (Phi) is 3.29. The van der Waals surface area contributed by atoms with Crippen molar-refractivity contribution < 1.29 is 0 Å². The monoisotopic (exact) mass is 251 g/mol. The maximum atomic E-state index is 6.01. The van der Waals surface area contributed by atoms with Crippen LogP contribution in [0.25, 0.3) is 11.0 Å². The first-order chi connectivity index (χ1) is 8.09. The maximum absolute atomic E-state index is 6.01. The van der Waals surface area contributed by atoms with Crippen LogP contribution in [-0.2, 0) is 7.05 Å². The number of aryl methyl sites for hydroxylation is 1. The van der Waals surface area contributed by atoms with Crippen LogP contribution in [0.2, 0.25) is 0 Å². The van der Waals surface area contributed by atoms with Crippen LogP contribution in [0, 0.1) is 0 Å². The molecule has 0 spiro atoms. The molecule has 4 heteroatoms. The fourth-order valence-electron chi connectivity index (χ4n) is 1.74. The Morgan fingerprint density at radius 2 is 2.12 bits per heavy atom. The lowest BCUT2D eigenvalue weighted by molar-refractivity contribution is 0.546.